The van der Waals surface area contributed by atoms with Gasteiger partial charge in [0, 0.05) is 33.9 Å². The first-order valence-corrected chi connectivity index (χ1v) is 9.87. The Morgan fingerprint density at radius 1 is 1.25 bits per heavy atom. The fourth-order valence-corrected chi connectivity index (χ4v) is 4.88. The summed E-state index contributed by atoms with van der Waals surface area (Å²) in [5.41, 5.74) is 10.2. The molecular weight excluding hydrogens is 376 g/mol. The molecule has 1 aliphatic heterocycles. The average Bonchev–Trinajstić information content (AvgIpc) is 3.43. The van der Waals surface area contributed by atoms with Crippen molar-refractivity contribution in [2.45, 2.75) is 30.9 Å². The van der Waals surface area contributed by atoms with Gasteiger partial charge in [0.25, 0.3) is 0 Å². The summed E-state index contributed by atoms with van der Waals surface area (Å²) in [7, 11) is 0. The lowest BCUT2D eigenvalue weighted by Gasteiger charge is -2.37. The van der Waals surface area contributed by atoms with Gasteiger partial charge < -0.3 is 10.5 Å². The van der Waals surface area contributed by atoms with Crippen LogP contribution in [0.5, 0.6) is 5.75 Å². The lowest BCUT2D eigenvalue weighted by Crippen LogP contribution is -2.30. The van der Waals surface area contributed by atoms with E-state index in [-0.39, 0.29) is 16.6 Å². The Labute approximate surface area is 169 Å². The van der Waals surface area contributed by atoms with Crippen LogP contribution in [0, 0.1) is 17.0 Å². The first-order valence-electron chi connectivity index (χ1n) is 9.35. The Bertz CT molecular complexity index is 959. The smallest absolute Gasteiger partial charge is 0.162 e. The quantitative estimate of drug-likeness (QED) is 0.506. The highest BCUT2D eigenvalue weighted by atomic mass is 32.1. The van der Waals surface area contributed by atoms with Crippen LogP contribution in [0.1, 0.15) is 47.6 Å². The summed E-state index contributed by atoms with van der Waals surface area (Å²) >= 11 is 4.92. The molecule has 1 spiro atoms. The molecule has 2 N–H and O–H groups in total. The van der Waals surface area contributed by atoms with E-state index >= 15 is 0 Å². The number of fused-ring (bicyclic) bond motifs is 1. The van der Waals surface area contributed by atoms with Crippen molar-refractivity contribution in [2.75, 3.05) is 6.61 Å². The highest BCUT2D eigenvalue weighted by Gasteiger charge is 2.55. The molecule has 28 heavy (non-hydrogen) atoms. The molecule has 146 valence electrons. The highest BCUT2D eigenvalue weighted by molar-refractivity contribution is 7.80. The van der Waals surface area contributed by atoms with E-state index in [0.29, 0.717) is 23.6 Å². The maximum atomic E-state index is 14.0. The lowest BCUT2D eigenvalue weighted by atomic mass is 9.77. The molecule has 0 aromatic heterocycles. The van der Waals surface area contributed by atoms with Crippen LogP contribution in [0.4, 0.5) is 8.78 Å². The van der Waals surface area contributed by atoms with Gasteiger partial charge in [-0.1, -0.05) is 36.9 Å². The summed E-state index contributed by atoms with van der Waals surface area (Å²) in [6.45, 7) is 6.18. The molecule has 0 saturated heterocycles. The van der Waals surface area contributed by atoms with Gasteiger partial charge in [-0.05, 0) is 42.5 Å². The van der Waals surface area contributed by atoms with E-state index in [4.69, 9.17) is 23.1 Å². The Morgan fingerprint density at radius 2 is 1.89 bits per heavy atom. The highest BCUT2D eigenvalue weighted by Crippen LogP contribution is 2.64. The molecule has 2 aromatic carbocycles. The van der Waals surface area contributed by atoms with Gasteiger partial charge in [0.1, 0.15) is 5.75 Å². The van der Waals surface area contributed by atoms with Crippen LogP contribution in [-0.2, 0) is 0 Å². The molecule has 1 saturated carbocycles. The SMILES string of the molecule is C=C/C(=C(/C)N)c1ccc([C@@H](S)C2c3cc(F)c(F)cc3OCC23CC3)cc1. The Balaban J connectivity index is 1.72. The van der Waals surface area contributed by atoms with E-state index in [2.05, 4.69) is 6.58 Å². The number of ether oxygens (including phenoxy) is 1. The normalized spacial score (nSPS) is 21.4. The Kier molecular flexibility index (Phi) is 4.74. The molecule has 1 fully saturated rings. The van der Waals surface area contributed by atoms with E-state index in [0.717, 1.165) is 35.6 Å². The molecule has 1 heterocycles. The minimum atomic E-state index is -0.884. The fourth-order valence-electron chi connectivity index (χ4n) is 4.23. The summed E-state index contributed by atoms with van der Waals surface area (Å²) in [6.07, 6.45) is 3.75. The van der Waals surface area contributed by atoms with Gasteiger partial charge in [-0.2, -0.15) is 12.6 Å². The van der Waals surface area contributed by atoms with Crippen LogP contribution in [0.25, 0.3) is 5.57 Å². The summed E-state index contributed by atoms with van der Waals surface area (Å²) < 4.78 is 33.5. The van der Waals surface area contributed by atoms with Crippen molar-refractivity contribution in [3.05, 3.63) is 83.1 Å². The van der Waals surface area contributed by atoms with Crippen LogP contribution in [-0.4, -0.2) is 6.61 Å². The fraction of sp³-hybridized carbons (Fsp3) is 0.304. The number of allylic oxidation sites excluding steroid dienone is 3. The van der Waals surface area contributed by atoms with Crippen molar-refractivity contribution in [3.8, 4) is 5.75 Å². The predicted octanol–water partition coefficient (Wildman–Crippen LogP) is 5.77. The zero-order valence-electron chi connectivity index (χ0n) is 15.7. The lowest BCUT2D eigenvalue weighted by molar-refractivity contribution is 0.172. The monoisotopic (exact) mass is 399 g/mol. The number of halogens is 2. The summed E-state index contributed by atoms with van der Waals surface area (Å²) in [5, 5.41) is -0.154. The van der Waals surface area contributed by atoms with Crippen LogP contribution < -0.4 is 10.5 Å². The molecule has 2 nitrogen and oxygen atoms in total. The molecule has 0 amide bonds. The van der Waals surface area contributed by atoms with Gasteiger partial charge in [-0.15, -0.1) is 0 Å². The minimum absolute atomic E-state index is 0.0359. The van der Waals surface area contributed by atoms with Crippen molar-refractivity contribution in [1.29, 1.82) is 0 Å². The van der Waals surface area contributed by atoms with Crippen molar-refractivity contribution < 1.29 is 13.5 Å². The molecule has 2 atom stereocenters. The van der Waals surface area contributed by atoms with Gasteiger partial charge in [-0.25, -0.2) is 8.78 Å². The third-order valence-electron chi connectivity index (χ3n) is 5.96. The number of nitrogens with two attached hydrogens (primary N) is 1. The van der Waals surface area contributed by atoms with Crippen molar-refractivity contribution in [2.24, 2.45) is 11.1 Å². The summed E-state index contributed by atoms with van der Waals surface area (Å²) in [6, 6.07) is 10.5. The number of thiol groups is 1. The topological polar surface area (TPSA) is 35.2 Å². The summed E-state index contributed by atoms with van der Waals surface area (Å²) in [5.74, 6) is -1.34. The number of hydrogen-bond acceptors (Lipinski definition) is 3. The maximum Gasteiger partial charge on any atom is 0.162 e. The van der Waals surface area contributed by atoms with Gasteiger partial charge in [-0.3, -0.25) is 0 Å². The molecule has 5 heteroatoms. The van der Waals surface area contributed by atoms with Crippen molar-refractivity contribution in [1.82, 2.24) is 0 Å². The van der Waals surface area contributed by atoms with Crippen molar-refractivity contribution in [3.63, 3.8) is 0 Å². The van der Waals surface area contributed by atoms with Crippen LogP contribution >= 0.6 is 12.6 Å². The van der Waals surface area contributed by atoms with Crippen molar-refractivity contribution >= 4 is 18.2 Å². The largest absolute Gasteiger partial charge is 0.493 e. The zero-order valence-corrected chi connectivity index (χ0v) is 16.6. The molecule has 0 bridgehead atoms. The second-order valence-electron chi connectivity index (χ2n) is 7.80. The minimum Gasteiger partial charge on any atom is -0.493 e. The van der Waals surface area contributed by atoms with E-state index in [9.17, 15) is 8.78 Å². The van der Waals surface area contributed by atoms with E-state index in [1.54, 1.807) is 6.08 Å². The van der Waals surface area contributed by atoms with Gasteiger partial charge in [0.05, 0.1) is 6.61 Å². The molecule has 1 unspecified atom stereocenters. The maximum absolute atomic E-state index is 14.0. The number of benzene rings is 2. The van der Waals surface area contributed by atoms with E-state index in [1.807, 2.05) is 31.2 Å². The summed E-state index contributed by atoms with van der Waals surface area (Å²) in [4.78, 5) is 0. The molecular formula is C23H23F2NOS. The number of hydrogen-bond donors (Lipinski definition) is 2. The van der Waals surface area contributed by atoms with Crippen LogP contribution in [0.15, 0.2) is 54.8 Å². The van der Waals surface area contributed by atoms with Crippen LogP contribution in [0.2, 0.25) is 0 Å². The first-order chi connectivity index (χ1) is 13.4. The molecule has 1 aliphatic carbocycles. The second-order valence-corrected chi connectivity index (χ2v) is 8.36. The predicted molar refractivity (Wildman–Crippen MR) is 111 cm³/mol. The standard InChI is InChI=1S/C23H23F2NOS/c1-3-16(13(2)26)14-4-6-15(7-5-14)22(28)21-17-10-18(24)19(25)11-20(17)27-12-23(21)8-9-23/h3-7,10-11,21-22,28H,1,8-9,12,26H2,2H3/b16-13+/t21?,22-/m1/s1. The second kappa shape index (κ2) is 6.96. The Morgan fingerprint density at radius 3 is 2.46 bits per heavy atom. The van der Waals surface area contributed by atoms with Gasteiger partial charge in [0.2, 0.25) is 0 Å². The van der Waals surface area contributed by atoms with Gasteiger partial charge >= 0.3 is 0 Å². The third-order valence-corrected chi connectivity index (χ3v) is 6.56. The zero-order chi connectivity index (χ0) is 20.1. The molecule has 4 rings (SSSR count). The number of rotatable bonds is 4. The third kappa shape index (κ3) is 3.12. The molecule has 2 aromatic rings. The Hall–Kier alpha value is -2.27. The molecule has 2 aliphatic rings. The van der Waals surface area contributed by atoms with E-state index < -0.39 is 11.6 Å². The molecule has 0 radical (unpaired) electrons. The van der Waals surface area contributed by atoms with E-state index in [1.165, 1.54) is 6.07 Å². The van der Waals surface area contributed by atoms with Crippen LogP contribution in [0.3, 0.4) is 0 Å². The van der Waals surface area contributed by atoms with Gasteiger partial charge in [0.15, 0.2) is 11.6 Å². The average molecular weight is 400 g/mol. The first kappa shape index (κ1) is 19.1.